The van der Waals surface area contributed by atoms with Crippen molar-refractivity contribution in [2.24, 2.45) is 0 Å². The highest BCUT2D eigenvalue weighted by Crippen LogP contribution is 2.39. The van der Waals surface area contributed by atoms with Crippen LogP contribution in [-0.2, 0) is 20.7 Å². The molecule has 1 aliphatic rings. The molecule has 0 aromatic heterocycles. The summed E-state index contributed by atoms with van der Waals surface area (Å²) in [6.07, 6.45) is 3.32. The number of halogens is 1. The molecule has 0 saturated carbocycles. The zero-order valence-corrected chi connectivity index (χ0v) is 23.0. The first kappa shape index (κ1) is 27.2. The molecule has 0 aliphatic carbocycles. The van der Waals surface area contributed by atoms with E-state index in [1.54, 1.807) is 13.0 Å². The largest absolute Gasteiger partial charge is 0.490 e. The third kappa shape index (κ3) is 7.81. The van der Waals surface area contributed by atoms with Crippen LogP contribution >= 0.6 is 39.9 Å². The molecule has 0 atom stereocenters. The predicted octanol–water partition coefficient (Wildman–Crippen LogP) is 6.01. The molecule has 0 radical (unpaired) electrons. The van der Waals surface area contributed by atoms with Crippen molar-refractivity contribution >= 4 is 62.2 Å². The van der Waals surface area contributed by atoms with Crippen LogP contribution in [0.4, 0.5) is 0 Å². The van der Waals surface area contributed by atoms with Crippen LogP contribution in [0, 0.1) is 0 Å². The molecule has 1 fully saturated rings. The fourth-order valence-corrected chi connectivity index (χ4v) is 5.33. The quantitative estimate of drug-likeness (QED) is 0.174. The molecule has 0 unspecified atom stereocenters. The Hall–Kier alpha value is -2.36. The monoisotopic (exact) mass is 577 g/mol. The predicted molar refractivity (Wildman–Crippen MR) is 147 cm³/mol. The number of esters is 1. The number of hydrogen-bond donors (Lipinski definition) is 0. The van der Waals surface area contributed by atoms with E-state index in [1.165, 1.54) is 22.2 Å². The lowest BCUT2D eigenvalue weighted by molar-refractivity contribution is -0.143. The van der Waals surface area contributed by atoms with Gasteiger partial charge in [-0.3, -0.25) is 14.5 Å². The standard InChI is InChI=1S/C26H28BrNO5S2/c1-3-31-21-16-19(15-20(27)24(21)33-14-12-18-9-6-5-7-10-18)17-22-25(30)28(26(34)35-22)13-8-11-23(29)32-4-2/h5-7,9-10,15-17H,3-4,8,11-14H2,1-2H3/b22-17-. The molecule has 2 aromatic carbocycles. The van der Waals surface area contributed by atoms with Crippen LogP contribution in [0.2, 0.25) is 0 Å². The van der Waals surface area contributed by atoms with Crippen molar-refractivity contribution in [3.8, 4) is 11.5 Å². The number of thioether (sulfide) groups is 1. The van der Waals surface area contributed by atoms with Gasteiger partial charge in [0, 0.05) is 19.4 Å². The van der Waals surface area contributed by atoms with Crippen LogP contribution in [0.1, 0.15) is 37.8 Å². The summed E-state index contributed by atoms with van der Waals surface area (Å²) in [6.45, 7) is 5.39. The van der Waals surface area contributed by atoms with Gasteiger partial charge in [0.2, 0.25) is 0 Å². The van der Waals surface area contributed by atoms with Crippen LogP contribution in [0.5, 0.6) is 11.5 Å². The molecule has 2 aromatic rings. The maximum atomic E-state index is 12.9. The summed E-state index contributed by atoms with van der Waals surface area (Å²) in [6, 6.07) is 13.9. The minimum absolute atomic E-state index is 0.166. The molecule has 0 spiro atoms. The van der Waals surface area contributed by atoms with Crippen molar-refractivity contribution in [3.05, 3.63) is 63.0 Å². The molecular weight excluding hydrogens is 550 g/mol. The first-order valence-corrected chi connectivity index (χ1v) is 13.5. The first-order valence-electron chi connectivity index (χ1n) is 11.5. The van der Waals surface area contributed by atoms with Crippen molar-refractivity contribution in [1.29, 1.82) is 0 Å². The lowest BCUT2D eigenvalue weighted by Crippen LogP contribution is -2.29. The molecule has 1 heterocycles. The highest BCUT2D eigenvalue weighted by Gasteiger charge is 2.31. The summed E-state index contributed by atoms with van der Waals surface area (Å²) in [5, 5.41) is 0. The van der Waals surface area contributed by atoms with E-state index in [0.29, 0.717) is 53.5 Å². The Morgan fingerprint density at radius 3 is 2.63 bits per heavy atom. The number of thiocarbonyl (C=S) groups is 1. The summed E-state index contributed by atoms with van der Waals surface area (Å²) < 4.78 is 18.1. The van der Waals surface area contributed by atoms with Gasteiger partial charge in [0.15, 0.2) is 11.5 Å². The summed E-state index contributed by atoms with van der Waals surface area (Å²) >= 11 is 10.2. The van der Waals surface area contributed by atoms with Crippen LogP contribution in [0.15, 0.2) is 51.8 Å². The maximum absolute atomic E-state index is 12.9. The highest BCUT2D eigenvalue weighted by atomic mass is 79.9. The van der Waals surface area contributed by atoms with Crippen LogP contribution in [0.3, 0.4) is 0 Å². The zero-order valence-electron chi connectivity index (χ0n) is 19.8. The number of nitrogens with zero attached hydrogens (tertiary/aromatic N) is 1. The minimum atomic E-state index is -0.270. The Balaban J connectivity index is 1.69. The number of benzene rings is 2. The third-order valence-corrected chi connectivity index (χ3v) is 7.02. The number of carbonyl (C=O) groups excluding carboxylic acids is 2. The van der Waals surface area contributed by atoms with Crippen LogP contribution < -0.4 is 9.47 Å². The second-order valence-corrected chi connectivity index (χ2v) is 10.1. The average Bonchev–Trinajstić information content (AvgIpc) is 3.09. The van der Waals surface area contributed by atoms with Gasteiger partial charge in [-0.25, -0.2) is 0 Å². The van der Waals surface area contributed by atoms with E-state index in [2.05, 4.69) is 28.1 Å². The van der Waals surface area contributed by atoms with Crippen LogP contribution in [-0.4, -0.2) is 47.5 Å². The van der Waals surface area contributed by atoms with Gasteiger partial charge < -0.3 is 14.2 Å². The number of amides is 1. The number of carbonyl (C=O) groups is 2. The van der Waals surface area contributed by atoms with Crippen molar-refractivity contribution in [1.82, 2.24) is 4.90 Å². The van der Waals surface area contributed by atoms with Gasteiger partial charge in [-0.1, -0.05) is 54.3 Å². The topological polar surface area (TPSA) is 65.1 Å². The number of ether oxygens (including phenoxy) is 3. The lowest BCUT2D eigenvalue weighted by Gasteiger charge is -2.15. The van der Waals surface area contributed by atoms with Crippen molar-refractivity contribution in [3.63, 3.8) is 0 Å². The molecule has 186 valence electrons. The summed E-state index contributed by atoms with van der Waals surface area (Å²) in [4.78, 5) is 26.6. The summed E-state index contributed by atoms with van der Waals surface area (Å²) in [5.41, 5.74) is 1.99. The number of rotatable bonds is 12. The van der Waals surface area contributed by atoms with E-state index in [4.69, 9.17) is 26.4 Å². The Kier molecular flexibility index (Phi) is 10.6. The van der Waals surface area contributed by atoms with E-state index in [-0.39, 0.29) is 18.3 Å². The van der Waals surface area contributed by atoms with Gasteiger partial charge in [-0.15, -0.1) is 0 Å². The molecule has 35 heavy (non-hydrogen) atoms. The van der Waals surface area contributed by atoms with E-state index < -0.39 is 0 Å². The Labute approximate surface area is 224 Å². The molecule has 1 amide bonds. The molecular formula is C26H28BrNO5S2. The first-order chi connectivity index (χ1) is 16.9. The van der Waals surface area contributed by atoms with Gasteiger partial charge in [0.05, 0.1) is 29.2 Å². The van der Waals surface area contributed by atoms with Crippen molar-refractivity contribution in [2.75, 3.05) is 26.4 Å². The smallest absolute Gasteiger partial charge is 0.305 e. The molecule has 0 N–H and O–H groups in total. The van der Waals surface area contributed by atoms with Gasteiger partial charge in [-0.05, 0) is 65.5 Å². The Morgan fingerprint density at radius 1 is 1.14 bits per heavy atom. The van der Waals surface area contributed by atoms with Gasteiger partial charge in [0.25, 0.3) is 5.91 Å². The molecule has 3 rings (SSSR count). The van der Waals surface area contributed by atoms with E-state index in [0.717, 1.165) is 16.5 Å². The Bertz CT molecular complexity index is 1090. The Morgan fingerprint density at radius 2 is 1.91 bits per heavy atom. The zero-order chi connectivity index (χ0) is 25.2. The molecule has 1 saturated heterocycles. The second kappa shape index (κ2) is 13.7. The van der Waals surface area contributed by atoms with E-state index in [9.17, 15) is 9.59 Å². The maximum Gasteiger partial charge on any atom is 0.305 e. The summed E-state index contributed by atoms with van der Waals surface area (Å²) in [7, 11) is 0. The molecule has 1 aliphatic heterocycles. The fraction of sp³-hybridized carbons (Fsp3) is 0.346. The lowest BCUT2D eigenvalue weighted by atomic mass is 10.1. The summed E-state index contributed by atoms with van der Waals surface area (Å²) in [5.74, 6) is 0.798. The van der Waals surface area contributed by atoms with Crippen molar-refractivity contribution in [2.45, 2.75) is 33.1 Å². The third-order valence-electron chi connectivity index (χ3n) is 5.05. The normalized spacial score (nSPS) is 14.5. The van der Waals surface area contributed by atoms with Crippen molar-refractivity contribution < 1.29 is 23.8 Å². The van der Waals surface area contributed by atoms with Crippen LogP contribution in [0.25, 0.3) is 6.08 Å². The highest BCUT2D eigenvalue weighted by molar-refractivity contribution is 9.10. The van der Waals surface area contributed by atoms with E-state index >= 15 is 0 Å². The number of hydrogen-bond acceptors (Lipinski definition) is 7. The molecule has 0 bridgehead atoms. The minimum Gasteiger partial charge on any atom is -0.490 e. The van der Waals surface area contributed by atoms with Gasteiger partial charge in [-0.2, -0.15) is 0 Å². The molecule has 9 heteroatoms. The molecule has 6 nitrogen and oxygen atoms in total. The van der Waals surface area contributed by atoms with Gasteiger partial charge >= 0.3 is 5.97 Å². The second-order valence-electron chi connectivity index (χ2n) is 7.59. The SMILES string of the molecule is CCOC(=O)CCCN1C(=O)/C(=C/c2cc(Br)c(OCCc3ccccc3)c(OCC)c2)SC1=S. The van der Waals surface area contributed by atoms with Gasteiger partial charge in [0.1, 0.15) is 4.32 Å². The fourth-order valence-electron chi connectivity index (χ4n) is 3.45. The van der Waals surface area contributed by atoms with E-state index in [1.807, 2.05) is 37.3 Å². The average molecular weight is 579 g/mol.